The molecule has 1 saturated heterocycles. The highest BCUT2D eigenvalue weighted by Gasteiger charge is 2.25. The molecule has 2 heterocycles. The summed E-state index contributed by atoms with van der Waals surface area (Å²) >= 11 is 0. The quantitative estimate of drug-likeness (QED) is 0.897. The van der Waals surface area contributed by atoms with Crippen molar-refractivity contribution in [3.8, 4) is 6.01 Å². The predicted molar refractivity (Wildman–Crippen MR) is 75.7 cm³/mol. The molecular weight excluding hydrogens is 242 g/mol. The SMILES string of the molecule is CCOc1nc(NC)nc(N2CCC(C)CC2C)n1. The van der Waals surface area contributed by atoms with Crippen molar-refractivity contribution in [3.05, 3.63) is 0 Å². The lowest BCUT2D eigenvalue weighted by Crippen LogP contribution is -2.41. The molecule has 1 aliphatic heterocycles. The first kappa shape index (κ1) is 13.8. The minimum absolute atomic E-state index is 0.391. The number of hydrogen-bond donors (Lipinski definition) is 1. The molecule has 6 nitrogen and oxygen atoms in total. The van der Waals surface area contributed by atoms with Gasteiger partial charge in [-0.05, 0) is 32.6 Å². The monoisotopic (exact) mass is 265 g/mol. The van der Waals surface area contributed by atoms with E-state index in [1.807, 2.05) is 6.92 Å². The molecule has 1 aromatic heterocycles. The molecular formula is C13H23N5O. The van der Waals surface area contributed by atoms with Crippen LogP contribution in [0.25, 0.3) is 0 Å². The van der Waals surface area contributed by atoms with Crippen LogP contribution in [0, 0.1) is 5.92 Å². The van der Waals surface area contributed by atoms with E-state index < -0.39 is 0 Å². The van der Waals surface area contributed by atoms with Crippen molar-refractivity contribution >= 4 is 11.9 Å². The summed E-state index contributed by atoms with van der Waals surface area (Å²) in [5, 5.41) is 2.96. The number of nitrogens with zero attached hydrogens (tertiary/aromatic N) is 4. The molecule has 1 N–H and O–H groups in total. The zero-order valence-electron chi connectivity index (χ0n) is 12.2. The number of anilines is 2. The molecule has 0 bridgehead atoms. The van der Waals surface area contributed by atoms with Gasteiger partial charge in [-0.1, -0.05) is 6.92 Å². The number of aromatic nitrogens is 3. The van der Waals surface area contributed by atoms with Crippen LogP contribution >= 0.6 is 0 Å². The molecule has 1 aliphatic rings. The maximum Gasteiger partial charge on any atom is 0.323 e. The van der Waals surface area contributed by atoms with Crippen LogP contribution in [0.3, 0.4) is 0 Å². The number of nitrogens with one attached hydrogen (secondary N) is 1. The van der Waals surface area contributed by atoms with Crippen LogP contribution < -0.4 is 15.0 Å². The molecule has 0 aromatic carbocycles. The Morgan fingerprint density at radius 3 is 2.74 bits per heavy atom. The Balaban J connectivity index is 2.25. The topological polar surface area (TPSA) is 63.2 Å². The fraction of sp³-hybridized carbons (Fsp3) is 0.769. The molecule has 0 spiro atoms. The van der Waals surface area contributed by atoms with Crippen molar-refractivity contribution < 1.29 is 4.74 Å². The molecule has 0 radical (unpaired) electrons. The van der Waals surface area contributed by atoms with Gasteiger partial charge in [0.05, 0.1) is 6.61 Å². The molecule has 2 unspecified atom stereocenters. The molecule has 1 aromatic rings. The van der Waals surface area contributed by atoms with Gasteiger partial charge in [0, 0.05) is 19.6 Å². The van der Waals surface area contributed by atoms with Gasteiger partial charge in [-0.15, -0.1) is 0 Å². The normalized spacial score (nSPS) is 23.3. The number of ether oxygens (including phenoxy) is 1. The van der Waals surface area contributed by atoms with Crippen molar-refractivity contribution in [2.45, 2.75) is 39.7 Å². The van der Waals surface area contributed by atoms with Crippen molar-refractivity contribution in [2.24, 2.45) is 5.92 Å². The highest BCUT2D eigenvalue weighted by Crippen LogP contribution is 2.26. The van der Waals surface area contributed by atoms with Crippen LogP contribution in [0.15, 0.2) is 0 Å². The molecule has 2 rings (SSSR count). The average molecular weight is 265 g/mol. The van der Waals surface area contributed by atoms with Gasteiger partial charge in [0.15, 0.2) is 0 Å². The second-order valence-electron chi connectivity index (χ2n) is 5.10. The third-order valence-corrected chi connectivity index (χ3v) is 3.50. The summed E-state index contributed by atoms with van der Waals surface area (Å²) in [6, 6.07) is 0.841. The van der Waals surface area contributed by atoms with Crippen LogP contribution in [-0.4, -0.2) is 41.2 Å². The molecule has 0 aliphatic carbocycles. The van der Waals surface area contributed by atoms with Gasteiger partial charge >= 0.3 is 6.01 Å². The molecule has 19 heavy (non-hydrogen) atoms. The summed E-state index contributed by atoms with van der Waals surface area (Å²) in [5.41, 5.74) is 0. The Morgan fingerprint density at radius 1 is 1.32 bits per heavy atom. The van der Waals surface area contributed by atoms with Crippen LogP contribution in [0.2, 0.25) is 0 Å². The van der Waals surface area contributed by atoms with E-state index in [0.29, 0.717) is 30.6 Å². The average Bonchev–Trinajstić information content (AvgIpc) is 2.38. The summed E-state index contributed by atoms with van der Waals surface area (Å²) in [7, 11) is 1.80. The Kier molecular flexibility index (Phi) is 4.39. The second-order valence-corrected chi connectivity index (χ2v) is 5.10. The van der Waals surface area contributed by atoms with E-state index >= 15 is 0 Å². The maximum atomic E-state index is 5.41. The van der Waals surface area contributed by atoms with E-state index in [4.69, 9.17) is 4.74 Å². The maximum absolute atomic E-state index is 5.41. The first-order valence-electron chi connectivity index (χ1n) is 6.97. The van der Waals surface area contributed by atoms with Crippen molar-refractivity contribution in [1.29, 1.82) is 0 Å². The van der Waals surface area contributed by atoms with Gasteiger partial charge < -0.3 is 15.0 Å². The molecule has 106 valence electrons. The number of hydrogen-bond acceptors (Lipinski definition) is 6. The molecule has 0 amide bonds. The van der Waals surface area contributed by atoms with Gasteiger partial charge in [0.1, 0.15) is 0 Å². The van der Waals surface area contributed by atoms with Crippen LogP contribution in [0.4, 0.5) is 11.9 Å². The Bertz CT molecular complexity index is 425. The summed E-state index contributed by atoms with van der Waals surface area (Å²) in [6.45, 7) is 7.98. The molecule has 2 atom stereocenters. The summed E-state index contributed by atoms with van der Waals surface area (Å²) in [6.07, 6.45) is 2.35. The smallest absolute Gasteiger partial charge is 0.323 e. The van der Waals surface area contributed by atoms with E-state index in [1.54, 1.807) is 7.05 Å². The second kappa shape index (κ2) is 6.04. The van der Waals surface area contributed by atoms with Crippen molar-refractivity contribution in [2.75, 3.05) is 30.4 Å². The van der Waals surface area contributed by atoms with Gasteiger partial charge in [-0.3, -0.25) is 0 Å². The van der Waals surface area contributed by atoms with Crippen LogP contribution in [0.1, 0.15) is 33.6 Å². The minimum Gasteiger partial charge on any atom is -0.464 e. The van der Waals surface area contributed by atoms with E-state index in [-0.39, 0.29) is 0 Å². The Hall–Kier alpha value is -1.59. The van der Waals surface area contributed by atoms with Crippen LogP contribution in [-0.2, 0) is 0 Å². The third kappa shape index (κ3) is 3.24. The zero-order chi connectivity index (χ0) is 13.8. The number of rotatable bonds is 4. The third-order valence-electron chi connectivity index (χ3n) is 3.50. The van der Waals surface area contributed by atoms with Crippen molar-refractivity contribution in [3.63, 3.8) is 0 Å². The lowest BCUT2D eigenvalue weighted by atomic mass is 9.94. The standard InChI is InChI=1S/C13H23N5O/c1-5-19-13-16-11(14-4)15-12(17-13)18-7-6-9(2)8-10(18)3/h9-10H,5-8H2,1-4H3,(H,14,15,16,17). The minimum atomic E-state index is 0.391. The molecule has 6 heteroatoms. The van der Waals surface area contributed by atoms with E-state index in [1.165, 1.54) is 12.8 Å². The first-order valence-corrected chi connectivity index (χ1v) is 6.97. The van der Waals surface area contributed by atoms with E-state index in [2.05, 4.69) is 39.0 Å². The van der Waals surface area contributed by atoms with Gasteiger partial charge in [-0.25, -0.2) is 0 Å². The summed E-state index contributed by atoms with van der Waals surface area (Å²) in [4.78, 5) is 15.3. The van der Waals surface area contributed by atoms with Crippen molar-refractivity contribution in [1.82, 2.24) is 15.0 Å². The first-order chi connectivity index (χ1) is 9.13. The lowest BCUT2D eigenvalue weighted by molar-refractivity contribution is 0.310. The predicted octanol–water partition coefficient (Wildman–Crippen LogP) is 1.94. The molecule has 1 fully saturated rings. The van der Waals surface area contributed by atoms with Crippen LogP contribution in [0.5, 0.6) is 6.01 Å². The largest absolute Gasteiger partial charge is 0.464 e. The highest BCUT2D eigenvalue weighted by atomic mass is 16.5. The lowest BCUT2D eigenvalue weighted by Gasteiger charge is -2.36. The Morgan fingerprint density at radius 2 is 2.11 bits per heavy atom. The molecule has 0 saturated carbocycles. The fourth-order valence-electron chi connectivity index (χ4n) is 2.48. The van der Waals surface area contributed by atoms with E-state index in [0.717, 1.165) is 12.5 Å². The number of piperidine rings is 1. The van der Waals surface area contributed by atoms with E-state index in [9.17, 15) is 0 Å². The fourth-order valence-corrected chi connectivity index (χ4v) is 2.48. The zero-order valence-corrected chi connectivity index (χ0v) is 12.2. The Labute approximate surface area is 114 Å². The van der Waals surface area contributed by atoms with Gasteiger partial charge in [-0.2, -0.15) is 15.0 Å². The summed E-state index contributed by atoms with van der Waals surface area (Å²) in [5.74, 6) is 2.03. The highest BCUT2D eigenvalue weighted by molar-refractivity contribution is 5.39. The van der Waals surface area contributed by atoms with Gasteiger partial charge in [0.25, 0.3) is 0 Å². The van der Waals surface area contributed by atoms with Gasteiger partial charge in [0.2, 0.25) is 11.9 Å². The summed E-state index contributed by atoms with van der Waals surface area (Å²) < 4.78 is 5.41.